The van der Waals surface area contributed by atoms with Crippen LogP contribution in [0.1, 0.15) is 5.76 Å². The Balaban J connectivity index is 1.50. The van der Waals surface area contributed by atoms with E-state index in [-0.39, 0.29) is 11.7 Å². The first-order chi connectivity index (χ1) is 13.8. The Morgan fingerprint density at radius 1 is 0.929 bits per heavy atom. The molecule has 2 aromatic carbocycles. The molecule has 0 aliphatic carbocycles. The van der Waals surface area contributed by atoms with E-state index in [1.54, 1.807) is 12.3 Å². The number of rotatable bonds is 7. The van der Waals surface area contributed by atoms with Crippen LogP contribution in [0.4, 0.5) is 0 Å². The van der Waals surface area contributed by atoms with E-state index in [0.717, 1.165) is 16.8 Å². The number of nitrogens with zero attached hydrogens (tertiary/aromatic N) is 1. The predicted molar refractivity (Wildman–Crippen MR) is 109 cm³/mol. The molecule has 0 saturated carbocycles. The first-order valence-electron chi connectivity index (χ1n) is 8.83. The normalized spacial score (nSPS) is 10.7. The van der Waals surface area contributed by atoms with Gasteiger partial charge in [-0.2, -0.15) is 0 Å². The van der Waals surface area contributed by atoms with Gasteiger partial charge in [-0.15, -0.1) is 0 Å². The molecule has 5 nitrogen and oxygen atoms in total. The Kier molecular flexibility index (Phi) is 5.58. The quantitative estimate of drug-likeness (QED) is 0.449. The van der Waals surface area contributed by atoms with Gasteiger partial charge < -0.3 is 14.2 Å². The van der Waals surface area contributed by atoms with Crippen molar-refractivity contribution in [3.05, 3.63) is 84.8 Å². The number of carbonyl (C=O) groups excluding carboxylic acids is 1. The molecule has 4 rings (SSSR count). The van der Waals surface area contributed by atoms with Crippen LogP contribution in [0.15, 0.2) is 93.1 Å². The van der Waals surface area contributed by atoms with Crippen molar-refractivity contribution < 1.29 is 13.6 Å². The summed E-state index contributed by atoms with van der Waals surface area (Å²) in [6, 6.07) is 23.3. The Morgan fingerprint density at radius 3 is 2.32 bits per heavy atom. The third-order valence-corrected chi connectivity index (χ3v) is 4.89. The van der Waals surface area contributed by atoms with E-state index in [9.17, 15) is 4.79 Å². The third kappa shape index (κ3) is 4.35. The predicted octanol–water partition coefficient (Wildman–Crippen LogP) is 5.01. The van der Waals surface area contributed by atoms with Crippen molar-refractivity contribution in [2.24, 2.45) is 0 Å². The summed E-state index contributed by atoms with van der Waals surface area (Å²) in [5.41, 5.74) is 2.69. The lowest BCUT2D eigenvalue weighted by molar-refractivity contribution is -0.118. The maximum Gasteiger partial charge on any atom is 0.257 e. The first-order valence-corrected chi connectivity index (χ1v) is 9.82. The van der Waals surface area contributed by atoms with Crippen molar-refractivity contribution in [3.63, 3.8) is 0 Å². The van der Waals surface area contributed by atoms with E-state index in [4.69, 9.17) is 8.83 Å². The van der Waals surface area contributed by atoms with Gasteiger partial charge in [0.05, 0.1) is 18.6 Å². The second-order valence-electron chi connectivity index (χ2n) is 6.03. The zero-order valence-corrected chi connectivity index (χ0v) is 15.8. The SMILES string of the molecule is O=C(CSc1nc(-c2ccccc2)c(-c2ccccc2)o1)NCc1ccco1. The van der Waals surface area contributed by atoms with Crippen molar-refractivity contribution in [2.75, 3.05) is 5.75 Å². The molecule has 6 heteroatoms. The lowest BCUT2D eigenvalue weighted by Crippen LogP contribution is -2.24. The maximum absolute atomic E-state index is 12.1. The molecule has 4 aromatic rings. The average Bonchev–Trinajstić information content (AvgIpc) is 3.42. The van der Waals surface area contributed by atoms with Gasteiger partial charge in [0.1, 0.15) is 11.5 Å². The molecule has 0 saturated heterocycles. The van der Waals surface area contributed by atoms with Crippen LogP contribution in [0.2, 0.25) is 0 Å². The molecule has 0 atom stereocenters. The van der Waals surface area contributed by atoms with Crippen LogP contribution >= 0.6 is 11.8 Å². The summed E-state index contributed by atoms with van der Waals surface area (Å²) in [6.45, 7) is 0.364. The van der Waals surface area contributed by atoms with Crippen LogP contribution in [0, 0.1) is 0 Å². The highest BCUT2D eigenvalue weighted by molar-refractivity contribution is 7.99. The minimum atomic E-state index is -0.109. The van der Waals surface area contributed by atoms with Gasteiger partial charge in [-0.3, -0.25) is 4.79 Å². The minimum absolute atomic E-state index is 0.109. The summed E-state index contributed by atoms with van der Waals surface area (Å²) < 4.78 is 11.2. The maximum atomic E-state index is 12.1. The zero-order valence-electron chi connectivity index (χ0n) is 15.0. The Morgan fingerprint density at radius 2 is 1.64 bits per heavy atom. The molecule has 0 fully saturated rings. The van der Waals surface area contributed by atoms with E-state index < -0.39 is 0 Å². The standard InChI is InChI=1S/C22H18N2O3S/c25-19(23-14-18-12-7-13-26-18)15-28-22-24-20(16-8-3-1-4-9-16)21(27-22)17-10-5-2-6-11-17/h1-13H,14-15H2,(H,23,25). The second-order valence-corrected chi connectivity index (χ2v) is 6.96. The second kappa shape index (κ2) is 8.63. The first kappa shape index (κ1) is 18.1. The summed E-state index contributed by atoms with van der Waals surface area (Å²) in [6.07, 6.45) is 1.58. The van der Waals surface area contributed by atoms with Crippen molar-refractivity contribution in [1.29, 1.82) is 0 Å². The molecule has 0 spiro atoms. The molecule has 2 aromatic heterocycles. The monoisotopic (exact) mass is 390 g/mol. The van der Waals surface area contributed by atoms with Crippen LogP contribution in [0.25, 0.3) is 22.6 Å². The van der Waals surface area contributed by atoms with E-state index in [1.165, 1.54) is 11.8 Å². The Bertz CT molecular complexity index is 971. The number of thioether (sulfide) groups is 1. The zero-order chi connectivity index (χ0) is 19.2. The van der Waals surface area contributed by atoms with Crippen LogP contribution in [0.5, 0.6) is 0 Å². The van der Waals surface area contributed by atoms with Gasteiger partial charge in [0.25, 0.3) is 5.22 Å². The average molecular weight is 390 g/mol. The lowest BCUT2D eigenvalue weighted by atomic mass is 10.1. The molecule has 0 unspecified atom stereocenters. The van der Waals surface area contributed by atoms with Crippen molar-refractivity contribution >= 4 is 17.7 Å². The van der Waals surface area contributed by atoms with E-state index in [2.05, 4.69) is 10.3 Å². The van der Waals surface area contributed by atoms with Crippen molar-refractivity contribution in [2.45, 2.75) is 11.8 Å². The van der Waals surface area contributed by atoms with Crippen molar-refractivity contribution in [1.82, 2.24) is 10.3 Å². The number of carbonyl (C=O) groups is 1. The highest BCUT2D eigenvalue weighted by atomic mass is 32.2. The third-order valence-electron chi connectivity index (χ3n) is 4.06. The fourth-order valence-corrected chi connectivity index (χ4v) is 3.37. The van der Waals surface area contributed by atoms with E-state index in [1.807, 2.05) is 66.7 Å². The van der Waals surface area contributed by atoms with E-state index in [0.29, 0.717) is 23.3 Å². The minimum Gasteiger partial charge on any atom is -0.467 e. The number of hydrogen-bond donors (Lipinski definition) is 1. The molecule has 28 heavy (non-hydrogen) atoms. The largest absolute Gasteiger partial charge is 0.467 e. The molecule has 0 bridgehead atoms. The fourth-order valence-electron chi connectivity index (χ4n) is 2.72. The van der Waals surface area contributed by atoms with Crippen LogP contribution in [0.3, 0.4) is 0 Å². The molecule has 1 amide bonds. The summed E-state index contributed by atoms with van der Waals surface area (Å²) in [5, 5.41) is 3.28. The number of oxazole rings is 1. The number of amides is 1. The highest BCUT2D eigenvalue weighted by Crippen LogP contribution is 2.35. The van der Waals surface area contributed by atoms with Crippen LogP contribution < -0.4 is 5.32 Å². The summed E-state index contributed by atoms with van der Waals surface area (Å²) in [7, 11) is 0. The molecule has 2 heterocycles. The fraction of sp³-hybridized carbons (Fsp3) is 0.0909. The summed E-state index contributed by atoms with van der Waals surface area (Å²) in [5.74, 6) is 1.52. The highest BCUT2D eigenvalue weighted by Gasteiger charge is 2.18. The van der Waals surface area contributed by atoms with Crippen LogP contribution in [-0.4, -0.2) is 16.6 Å². The topological polar surface area (TPSA) is 68.3 Å². The summed E-state index contributed by atoms with van der Waals surface area (Å²) in [4.78, 5) is 16.7. The number of aromatic nitrogens is 1. The Hall–Kier alpha value is -3.25. The van der Waals surface area contributed by atoms with Gasteiger partial charge in [0.15, 0.2) is 5.76 Å². The number of nitrogens with one attached hydrogen (secondary N) is 1. The molecule has 0 aliphatic heterocycles. The van der Waals surface area contributed by atoms with Gasteiger partial charge in [-0.1, -0.05) is 72.4 Å². The molecule has 140 valence electrons. The number of benzene rings is 2. The molecule has 0 aliphatic rings. The Labute approximate surface area is 166 Å². The van der Waals surface area contributed by atoms with Gasteiger partial charge >= 0.3 is 0 Å². The molecule has 0 radical (unpaired) electrons. The van der Waals surface area contributed by atoms with Gasteiger partial charge in [0, 0.05) is 11.1 Å². The molecule has 1 N–H and O–H groups in total. The van der Waals surface area contributed by atoms with E-state index >= 15 is 0 Å². The van der Waals surface area contributed by atoms with Gasteiger partial charge in [0.2, 0.25) is 5.91 Å². The summed E-state index contributed by atoms with van der Waals surface area (Å²) >= 11 is 1.27. The molecular weight excluding hydrogens is 372 g/mol. The van der Waals surface area contributed by atoms with Crippen molar-refractivity contribution in [3.8, 4) is 22.6 Å². The van der Waals surface area contributed by atoms with Gasteiger partial charge in [-0.25, -0.2) is 4.98 Å². The van der Waals surface area contributed by atoms with Gasteiger partial charge in [-0.05, 0) is 12.1 Å². The molecular formula is C22H18N2O3S. The number of hydrogen-bond acceptors (Lipinski definition) is 5. The number of furan rings is 1. The van der Waals surface area contributed by atoms with Crippen LogP contribution in [-0.2, 0) is 11.3 Å². The lowest BCUT2D eigenvalue weighted by Gasteiger charge is -2.01. The smallest absolute Gasteiger partial charge is 0.257 e.